The Balaban J connectivity index is 2.14. The third kappa shape index (κ3) is 6.10. The zero-order chi connectivity index (χ0) is 23.3. The van der Waals surface area contributed by atoms with Gasteiger partial charge in [0.25, 0.3) is 5.91 Å². The molecular formula is C18H18N2O9S2. The standard InChI is InChI=1S/C18H18N2O9S2/c1-9-4-14(17(25)20-10(8-21)5-16(23)24)30-15(9)7-19-31(28,29)11-2-3-13(22)12(6-11)18(26)27/h2-4,6,8,10,19,22H,5,7H2,1H3,(H,20,25)(H,23,24)(H,26,27). The van der Waals surface area contributed by atoms with Gasteiger partial charge >= 0.3 is 11.9 Å². The minimum absolute atomic E-state index is 0.154. The van der Waals surface area contributed by atoms with E-state index in [1.54, 1.807) is 6.92 Å². The molecule has 11 nitrogen and oxygen atoms in total. The molecule has 1 amide bonds. The SMILES string of the molecule is Cc1cc(C(=O)NC(C=O)CC(=O)O)sc1CNS(=O)(=O)c1ccc(O)c(C(=O)O)c1. The maximum absolute atomic E-state index is 12.5. The van der Waals surface area contributed by atoms with Gasteiger partial charge in [0, 0.05) is 11.4 Å². The quantitative estimate of drug-likeness (QED) is 0.312. The van der Waals surface area contributed by atoms with E-state index < -0.39 is 51.6 Å². The van der Waals surface area contributed by atoms with Gasteiger partial charge in [-0.15, -0.1) is 11.3 Å². The van der Waals surface area contributed by atoms with E-state index in [1.807, 2.05) is 0 Å². The molecule has 1 atom stereocenters. The average molecular weight is 470 g/mol. The van der Waals surface area contributed by atoms with E-state index >= 15 is 0 Å². The van der Waals surface area contributed by atoms with Gasteiger partial charge in [0.1, 0.15) is 17.6 Å². The number of carboxylic acid groups (broad SMARTS) is 2. The zero-order valence-electron chi connectivity index (χ0n) is 16.0. The van der Waals surface area contributed by atoms with E-state index in [0.29, 0.717) is 16.7 Å². The molecule has 1 heterocycles. The van der Waals surface area contributed by atoms with E-state index in [-0.39, 0.29) is 16.3 Å². The molecule has 5 N–H and O–H groups in total. The molecule has 0 saturated heterocycles. The largest absolute Gasteiger partial charge is 0.507 e. The van der Waals surface area contributed by atoms with Crippen LogP contribution < -0.4 is 10.0 Å². The Kier molecular flexibility index (Phi) is 7.49. The highest BCUT2D eigenvalue weighted by atomic mass is 32.2. The first-order chi connectivity index (χ1) is 14.4. The summed E-state index contributed by atoms with van der Waals surface area (Å²) in [6.07, 6.45) is -0.262. The highest BCUT2D eigenvalue weighted by Gasteiger charge is 2.21. The summed E-state index contributed by atoms with van der Waals surface area (Å²) < 4.78 is 27.2. The Bertz CT molecular complexity index is 1140. The summed E-state index contributed by atoms with van der Waals surface area (Å²) in [5.74, 6) is -4.00. The van der Waals surface area contributed by atoms with Crippen molar-refractivity contribution in [3.63, 3.8) is 0 Å². The lowest BCUT2D eigenvalue weighted by Crippen LogP contribution is -2.37. The molecule has 166 valence electrons. The lowest BCUT2D eigenvalue weighted by atomic mass is 10.2. The molecule has 0 aliphatic carbocycles. The highest BCUT2D eigenvalue weighted by molar-refractivity contribution is 7.89. The van der Waals surface area contributed by atoms with Crippen molar-refractivity contribution in [2.45, 2.75) is 30.8 Å². The Morgan fingerprint density at radius 2 is 1.87 bits per heavy atom. The van der Waals surface area contributed by atoms with Gasteiger partial charge < -0.3 is 25.4 Å². The molecule has 0 saturated carbocycles. The molecular weight excluding hydrogens is 452 g/mol. The van der Waals surface area contributed by atoms with E-state index in [4.69, 9.17) is 10.2 Å². The van der Waals surface area contributed by atoms with Crippen LogP contribution in [-0.4, -0.2) is 53.9 Å². The number of rotatable bonds is 10. The van der Waals surface area contributed by atoms with Gasteiger partial charge in [0.05, 0.1) is 22.2 Å². The first-order valence-corrected chi connectivity index (χ1v) is 10.9. The van der Waals surface area contributed by atoms with Crippen molar-refractivity contribution in [2.24, 2.45) is 0 Å². The number of carboxylic acids is 2. The number of thiophene rings is 1. The second-order valence-corrected chi connectivity index (χ2v) is 9.24. The van der Waals surface area contributed by atoms with Gasteiger partial charge in [-0.1, -0.05) is 0 Å². The van der Waals surface area contributed by atoms with Crippen LogP contribution in [0.3, 0.4) is 0 Å². The number of aldehydes is 1. The zero-order valence-corrected chi connectivity index (χ0v) is 17.6. The van der Waals surface area contributed by atoms with Crippen molar-refractivity contribution in [3.8, 4) is 5.75 Å². The van der Waals surface area contributed by atoms with Gasteiger partial charge in [-0.2, -0.15) is 0 Å². The normalized spacial score (nSPS) is 12.2. The third-order valence-electron chi connectivity index (χ3n) is 4.05. The van der Waals surface area contributed by atoms with Crippen LogP contribution in [0.15, 0.2) is 29.2 Å². The molecule has 0 aliphatic rings. The summed E-state index contributed by atoms with van der Waals surface area (Å²) >= 11 is 0.949. The van der Waals surface area contributed by atoms with Crippen LogP contribution in [-0.2, 0) is 26.2 Å². The van der Waals surface area contributed by atoms with Crippen LogP contribution in [0, 0.1) is 6.92 Å². The van der Waals surface area contributed by atoms with E-state index in [1.165, 1.54) is 6.07 Å². The summed E-state index contributed by atoms with van der Waals surface area (Å²) in [4.78, 5) is 45.2. The highest BCUT2D eigenvalue weighted by Crippen LogP contribution is 2.24. The Labute approximate surface area is 180 Å². The Morgan fingerprint density at radius 3 is 2.45 bits per heavy atom. The molecule has 13 heteroatoms. The van der Waals surface area contributed by atoms with Gasteiger partial charge in [-0.05, 0) is 36.8 Å². The number of hydrogen-bond acceptors (Lipinski definition) is 8. The van der Waals surface area contributed by atoms with Crippen LogP contribution in [0.1, 0.15) is 36.9 Å². The van der Waals surface area contributed by atoms with Crippen molar-refractivity contribution < 1.29 is 42.9 Å². The summed E-state index contributed by atoms with van der Waals surface area (Å²) in [5, 5.41) is 29.5. The lowest BCUT2D eigenvalue weighted by Gasteiger charge is -2.09. The molecule has 1 aromatic carbocycles. The monoisotopic (exact) mass is 470 g/mol. The van der Waals surface area contributed by atoms with Crippen LogP contribution >= 0.6 is 11.3 Å². The van der Waals surface area contributed by atoms with Crippen LogP contribution in [0.5, 0.6) is 5.75 Å². The van der Waals surface area contributed by atoms with Gasteiger partial charge in [0.2, 0.25) is 10.0 Å². The third-order valence-corrected chi connectivity index (χ3v) is 6.69. The minimum atomic E-state index is -4.13. The average Bonchev–Trinajstić information content (AvgIpc) is 3.06. The summed E-state index contributed by atoms with van der Waals surface area (Å²) in [6.45, 7) is 1.43. The lowest BCUT2D eigenvalue weighted by molar-refractivity contribution is -0.138. The number of amides is 1. The summed E-state index contributed by atoms with van der Waals surface area (Å²) in [6, 6.07) is 3.09. The van der Waals surface area contributed by atoms with Crippen molar-refractivity contribution in [1.82, 2.24) is 10.0 Å². The van der Waals surface area contributed by atoms with Gasteiger partial charge in [-0.25, -0.2) is 17.9 Å². The fraction of sp³-hybridized carbons (Fsp3) is 0.222. The summed E-state index contributed by atoms with van der Waals surface area (Å²) in [7, 11) is -4.13. The van der Waals surface area contributed by atoms with Crippen molar-refractivity contribution in [2.75, 3.05) is 0 Å². The predicted octanol–water partition coefficient (Wildman–Crippen LogP) is 0.711. The van der Waals surface area contributed by atoms with Crippen molar-refractivity contribution >= 4 is 45.5 Å². The number of nitrogens with one attached hydrogen (secondary N) is 2. The van der Waals surface area contributed by atoms with E-state index in [2.05, 4.69) is 10.0 Å². The first kappa shape index (κ1) is 24.0. The fourth-order valence-corrected chi connectivity index (χ4v) is 4.60. The molecule has 0 aliphatic heterocycles. The second-order valence-electron chi connectivity index (χ2n) is 6.34. The Morgan fingerprint density at radius 1 is 1.19 bits per heavy atom. The number of aromatic carboxylic acids is 1. The number of benzene rings is 1. The van der Waals surface area contributed by atoms with E-state index in [9.17, 15) is 32.7 Å². The van der Waals surface area contributed by atoms with Crippen molar-refractivity contribution in [3.05, 3.63) is 45.1 Å². The van der Waals surface area contributed by atoms with Crippen LogP contribution in [0.2, 0.25) is 0 Å². The number of hydrogen-bond donors (Lipinski definition) is 5. The molecule has 1 aromatic heterocycles. The maximum Gasteiger partial charge on any atom is 0.339 e. The second kappa shape index (κ2) is 9.68. The minimum Gasteiger partial charge on any atom is -0.507 e. The molecule has 2 aromatic rings. The molecule has 2 rings (SSSR count). The molecule has 1 unspecified atom stereocenters. The smallest absolute Gasteiger partial charge is 0.339 e. The molecule has 0 radical (unpaired) electrons. The number of aryl methyl sites for hydroxylation is 1. The van der Waals surface area contributed by atoms with Gasteiger partial charge in [-0.3, -0.25) is 9.59 Å². The number of sulfonamides is 1. The molecule has 0 spiro atoms. The Hall–Kier alpha value is -3.29. The van der Waals surface area contributed by atoms with Crippen molar-refractivity contribution in [1.29, 1.82) is 0 Å². The number of phenols is 1. The topological polar surface area (TPSA) is 187 Å². The van der Waals surface area contributed by atoms with E-state index in [0.717, 1.165) is 29.5 Å². The number of carbonyl (C=O) groups is 4. The fourth-order valence-electron chi connectivity index (χ4n) is 2.47. The first-order valence-electron chi connectivity index (χ1n) is 8.58. The number of aromatic hydroxyl groups is 1. The maximum atomic E-state index is 12.5. The molecule has 0 fully saturated rings. The summed E-state index contributed by atoms with van der Waals surface area (Å²) in [5.41, 5.74) is 0.0101. The van der Waals surface area contributed by atoms with Gasteiger partial charge in [0.15, 0.2) is 0 Å². The number of aliphatic carboxylic acids is 1. The number of carbonyl (C=O) groups excluding carboxylic acids is 2. The predicted molar refractivity (Wildman–Crippen MR) is 108 cm³/mol. The van der Waals surface area contributed by atoms with Crippen LogP contribution in [0.4, 0.5) is 0 Å². The molecule has 31 heavy (non-hydrogen) atoms. The van der Waals surface area contributed by atoms with Crippen LogP contribution in [0.25, 0.3) is 0 Å². The molecule has 0 bridgehead atoms.